The summed E-state index contributed by atoms with van der Waals surface area (Å²) in [5.41, 5.74) is -15.5. The lowest BCUT2D eigenvalue weighted by atomic mass is 9.33. The number of rotatable bonds is 4. The number of nitrogens with zero attached hydrogens (tertiary/aromatic N) is 5. The molecule has 0 N–H and O–H groups in total. The summed E-state index contributed by atoms with van der Waals surface area (Å²) in [6.45, 7) is 7.36. The largest absolute Gasteiger partial charge is 0.456 e. The van der Waals surface area contributed by atoms with E-state index >= 15 is 0 Å². The number of fused-ring (bicyclic) bond motifs is 12. The van der Waals surface area contributed by atoms with Gasteiger partial charge in [0.2, 0.25) is 0 Å². The van der Waals surface area contributed by atoms with E-state index in [1.54, 1.807) is 41.5 Å². The van der Waals surface area contributed by atoms with Gasteiger partial charge in [-0.15, -0.1) is 0 Å². The highest BCUT2D eigenvalue weighted by atomic mass is 16.3. The summed E-state index contributed by atoms with van der Waals surface area (Å²) in [4.78, 5) is 2.34. The summed E-state index contributed by atoms with van der Waals surface area (Å²) in [5.74, 6) is 0. The van der Waals surface area contributed by atoms with Crippen molar-refractivity contribution < 1.29 is 45.5 Å². The number of aromatic nitrogens is 1. The van der Waals surface area contributed by atoms with Gasteiger partial charge in [-0.2, -0.15) is 5.26 Å². The van der Waals surface area contributed by atoms with E-state index in [-0.39, 0.29) is 11.1 Å². The van der Waals surface area contributed by atoms with Crippen molar-refractivity contribution in [3.8, 4) is 11.8 Å². The van der Waals surface area contributed by atoms with Crippen LogP contribution in [0.15, 0.2) is 186 Å². The lowest BCUT2D eigenvalue weighted by Gasteiger charge is -2.46. The average Bonchev–Trinajstić information content (AvgIpc) is 1.13. The van der Waals surface area contributed by atoms with Crippen LogP contribution in [0.4, 0.5) is 51.2 Å². The van der Waals surface area contributed by atoms with Gasteiger partial charge in [0.15, 0.2) is 0 Å². The third-order valence-corrected chi connectivity index (χ3v) is 12.7. The number of furan rings is 1. The molecule has 0 saturated carbocycles. The molecule has 3 aliphatic rings. The Morgan fingerprint density at radius 3 is 1.81 bits per heavy atom. The van der Waals surface area contributed by atoms with Gasteiger partial charge in [-0.1, -0.05) is 138 Å². The maximum Gasteiger partial charge on any atom is 0.252 e. The van der Waals surface area contributed by atoms with Crippen LogP contribution in [0, 0.1) is 11.3 Å². The van der Waals surface area contributed by atoms with E-state index in [4.69, 9.17) is 11.3 Å². The topological polar surface area (TPSA) is 51.6 Å². The Balaban J connectivity index is 1.29. The molecule has 11 aromatic rings. The Morgan fingerprint density at radius 1 is 0.514 bits per heavy atom. The second kappa shape index (κ2) is 14.3. The normalized spacial score (nSPS) is 19.5. The average molecular weight is 932 g/mol. The van der Waals surface area contributed by atoms with Crippen LogP contribution in [0.5, 0.6) is 0 Å². The summed E-state index contributed by atoms with van der Waals surface area (Å²) < 4.78 is 298. The highest BCUT2D eigenvalue weighted by Gasteiger charge is 2.47. The second-order valence-electron chi connectivity index (χ2n) is 18.9. The minimum absolute atomic E-state index is 0.177. The zero-order valence-corrected chi connectivity index (χ0v) is 37.7. The number of hydrogen-bond acceptors (Lipinski definition) is 5. The Hall–Kier alpha value is -8.47. The highest BCUT2D eigenvalue weighted by Crippen LogP contribution is 2.54. The second-order valence-corrected chi connectivity index (χ2v) is 18.9. The van der Waals surface area contributed by atoms with Gasteiger partial charge in [-0.25, -0.2) is 0 Å². The number of benzene rings is 9. The smallest absolute Gasteiger partial charge is 0.252 e. The summed E-state index contributed by atoms with van der Waals surface area (Å²) in [7, 11) is 0. The quantitative estimate of drug-likeness (QED) is 0.165. The molecule has 70 heavy (non-hydrogen) atoms. The molecule has 5 heterocycles. The van der Waals surface area contributed by atoms with E-state index < -0.39 is 321 Å². The monoisotopic (exact) mass is 932 g/mol. The Kier molecular flexibility index (Phi) is 4.21. The molecule has 0 amide bonds. The van der Waals surface area contributed by atoms with Gasteiger partial charge in [0.25, 0.3) is 6.71 Å². The fourth-order valence-corrected chi connectivity index (χ4v) is 9.57. The van der Waals surface area contributed by atoms with Crippen molar-refractivity contribution in [1.82, 2.24) is 4.57 Å². The lowest BCUT2D eigenvalue weighted by molar-refractivity contribution is 0.590. The molecule has 9 aromatic carbocycles. The first kappa shape index (κ1) is 20.6. The van der Waals surface area contributed by atoms with Gasteiger partial charge in [-0.05, 0) is 123 Å². The van der Waals surface area contributed by atoms with Crippen molar-refractivity contribution in [2.24, 2.45) is 0 Å². The van der Waals surface area contributed by atoms with Gasteiger partial charge in [0.1, 0.15) is 11.2 Å². The highest BCUT2D eigenvalue weighted by molar-refractivity contribution is 7.00. The molecule has 0 bridgehead atoms. The maximum absolute atomic E-state index is 11.5. The predicted octanol–water partition coefficient (Wildman–Crippen LogP) is 15.0. The number of hydrogen-bond donors (Lipinski definition) is 0. The zero-order chi connectivity index (χ0) is 73.5. The molecule has 334 valence electrons. The van der Waals surface area contributed by atoms with Crippen LogP contribution in [0.25, 0.3) is 49.4 Å². The molecular formula is C63H48BN5O. The molecule has 3 aliphatic heterocycles. The van der Waals surface area contributed by atoms with E-state index in [9.17, 15) is 39.5 Å². The van der Waals surface area contributed by atoms with Crippen molar-refractivity contribution in [2.75, 3.05) is 14.7 Å². The molecule has 6 nitrogen and oxygen atoms in total. The van der Waals surface area contributed by atoms with Crippen LogP contribution in [-0.2, 0) is 10.8 Å². The van der Waals surface area contributed by atoms with Crippen molar-refractivity contribution in [1.29, 1.82) is 5.26 Å². The molecule has 2 aromatic heterocycles. The van der Waals surface area contributed by atoms with Crippen LogP contribution in [0.2, 0.25) is 0 Å². The zero-order valence-electron chi connectivity index (χ0n) is 67.7. The van der Waals surface area contributed by atoms with Gasteiger partial charge in [0.05, 0.1) is 91.9 Å². The van der Waals surface area contributed by atoms with Crippen molar-refractivity contribution in [3.05, 3.63) is 198 Å². The fraction of sp³-hybridized carbons (Fsp3) is 0.127. The van der Waals surface area contributed by atoms with Crippen LogP contribution < -0.4 is 31.1 Å². The maximum atomic E-state index is 11.5. The van der Waals surface area contributed by atoms with Crippen LogP contribution >= 0.6 is 0 Å². The molecule has 0 saturated heterocycles. The van der Waals surface area contributed by atoms with E-state index in [1.807, 2.05) is 6.07 Å². The lowest BCUT2D eigenvalue weighted by Crippen LogP contribution is -2.61. The van der Waals surface area contributed by atoms with Crippen molar-refractivity contribution >= 4 is 118 Å². The molecule has 0 unspecified atom stereocenters. The molecule has 0 aliphatic carbocycles. The minimum atomic E-state index is -2.15. The van der Waals surface area contributed by atoms with Crippen LogP contribution in [0.3, 0.4) is 0 Å². The summed E-state index contributed by atoms with van der Waals surface area (Å²) in [6.07, 6.45) is 0. The third kappa shape index (κ3) is 5.62. The first-order chi connectivity index (χ1) is 46.5. The molecule has 0 atom stereocenters. The van der Waals surface area contributed by atoms with E-state index in [0.717, 1.165) is 14.4 Å². The van der Waals surface area contributed by atoms with Crippen molar-refractivity contribution in [2.45, 2.75) is 52.4 Å². The molecule has 0 radical (unpaired) electrons. The Morgan fingerprint density at radius 2 is 1.10 bits per heavy atom. The first-order valence-corrected chi connectivity index (χ1v) is 21.9. The SMILES string of the molecule is [2H]c1c([2H])c2c3c(c1[2H])-n1c4c([2H])c([2H])c([2H])c([2H])c4c4c([2H])c([2H])c([2H])c(c41)N3c1c([2H])c(C#N)c([2H])c3c1B2c1c([2H])c([2H])c(N(c2c([2H])c([2H])c(C(C)(C)C)c([2H])c2[2H])c2c([2H])c([2H])c(C(C)(C)C)c([2H])c2[2H])c([2H])c1N3c1c([2H])c([2H])c([2H])c2oc3c([2H])c([2H])c([2H])c([2H])c3c12. The standard InChI is InChI=1S/C63H48BN5O/c1-62(2,3)39-24-28-41(29-25-39)66(42-30-26-40(27-31-42)63(4,5)6)43-32-33-47-53(36-43)67(50-19-13-23-57-58(50)46-15-8-10-22-56(46)70-57)54-34-38(37-65)35-55-59(54)64(47)48-17-12-21-52-61(48)69(55)51-20-11-16-45-44-14-7-9-18-49(44)68(52)60(45)51/h7-36H,1-6H3/i7D,8D,9D,10D,11D,12D,13D,14D,15D,16D,17D,18D,19D,20D,21D,22D,23D,24D,25D,26D,27D,28D,29D,30D,31D,32D,33D,34D,35D,36D. The van der Waals surface area contributed by atoms with Crippen molar-refractivity contribution in [3.63, 3.8) is 0 Å². The fourth-order valence-electron chi connectivity index (χ4n) is 9.57. The summed E-state index contributed by atoms with van der Waals surface area (Å²) >= 11 is 0. The Labute approximate surface area is 450 Å². The van der Waals surface area contributed by atoms with E-state index in [0.29, 0.717) is 4.90 Å². The minimum Gasteiger partial charge on any atom is -0.456 e. The number of nitriles is 1. The first-order valence-electron chi connectivity index (χ1n) is 36.9. The van der Waals surface area contributed by atoms with Crippen LogP contribution in [0.1, 0.15) is 99.4 Å². The molecule has 7 heteroatoms. The van der Waals surface area contributed by atoms with Gasteiger partial charge in [-0.3, -0.25) is 0 Å². The third-order valence-electron chi connectivity index (χ3n) is 12.7. The number of para-hydroxylation sites is 4. The molecule has 14 rings (SSSR count). The molecule has 0 spiro atoms. The van der Waals surface area contributed by atoms with E-state index in [2.05, 4.69) is 0 Å². The number of anilines is 9. The summed E-state index contributed by atoms with van der Waals surface area (Å²) in [5, 5.41) is 9.43. The summed E-state index contributed by atoms with van der Waals surface area (Å²) in [6, 6.07) is -25.6. The van der Waals surface area contributed by atoms with Gasteiger partial charge in [0, 0.05) is 50.3 Å². The predicted molar refractivity (Wildman–Crippen MR) is 292 cm³/mol. The molecular weight excluding hydrogens is 854 g/mol. The molecule has 0 fully saturated rings. The Bertz CT molecular complexity index is 5750. The van der Waals surface area contributed by atoms with Gasteiger partial charge < -0.3 is 23.7 Å². The van der Waals surface area contributed by atoms with Gasteiger partial charge >= 0.3 is 0 Å². The van der Waals surface area contributed by atoms with Crippen LogP contribution in [-0.4, -0.2) is 11.3 Å². The van der Waals surface area contributed by atoms with E-state index in [1.165, 1.54) is 0 Å².